The number of ether oxygens (including phenoxy) is 1. The first kappa shape index (κ1) is 12.2. The Balaban J connectivity index is 2.27. The lowest BCUT2D eigenvalue weighted by Gasteiger charge is -2.21. The van der Waals surface area contributed by atoms with E-state index in [2.05, 4.69) is 6.58 Å². The molecule has 1 atom stereocenters. The monoisotopic (exact) mass is 212 g/mol. The average Bonchev–Trinajstić information content (AvgIpc) is 2.67. The number of carboxylic acid groups (broad SMARTS) is 1. The van der Waals surface area contributed by atoms with Gasteiger partial charge in [-0.1, -0.05) is 18.9 Å². The van der Waals surface area contributed by atoms with Gasteiger partial charge in [0.2, 0.25) is 0 Å². The summed E-state index contributed by atoms with van der Waals surface area (Å²) in [4.78, 5) is 11.1. The molecule has 1 fully saturated rings. The summed E-state index contributed by atoms with van der Waals surface area (Å²) in [5.41, 5.74) is -0.589. The molecule has 0 spiro atoms. The maximum absolute atomic E-state index is 11.1. The first-order valence-electron chi connectivity index (χ1n) is 5.63. The molecule has 1 heterocycles. The molecule has 0 amide bonds. The minimum atomic E-state index is -0.691. The Labute approximate surface area is 91.1 Å². The quantitative estimate of drug-likeness (QED) is 0.521. The molecule has 86 valence electrons. The Kier molecular flexibility index (Phi) is 4.82. The number of carbonyl (C=O) groups is 1. The van der Waals surface area contributed by atoms with Gasteiger partial charge in [0.05, 0.1) is 12.0 Å². The molecule has 0 aromatic heterocycles. The van der Waals surface area contributed by atoms with E-state index in [4.69, 9.17) is 4.74 Å². The normalized spacial score (nSPS) is 25.3. The molecule has 3 nitrogen and oxygen atoms in total. The van der Waals surface area contributed by atoms with Crippen LogP contribution < -0.4 is 0 Å². The maximum Gasteiger partial charge on any atom is 0.312 e. The van der Waals surface area contributed by atoms with E-state index in [0.29, 0.717) is 19.6 Å². The van der Waals surface area contributed by atoms with Crippen LogP contribution in [-0.2, 0) is 9.53 Å². The second-order valence-electron chi connectivity index (χ2n) is 4.28. The minimum absolute atomic E-state index is 0.393. The molecule has 1 rings (SSSR count). The van der Waals surface area contributed by atoms with E-state index >= 15 is 0 Å². The average molecular weight is 212 g/mol. The zero-order valence-corrected chi connectivity index (χ0v) is 9.21. The highest BCUT2D eigenvalue weighted by Gasteiger charge is 2.41. The molecular weight excluding hydrogens is 192 g/mol. The second-order valence-corrected chi connectivity index (χ2v) is 4.28. The molecule has 1 aliphatic rings. The van der Waals surface area contributed by atoms with Crippen molar-refractivity contribution in [3.63, 3.8) is 0 Å². The van der Waals surface area contributed by atoms with Gasteiger partial charge in [0.15, 0.2) is 0 Å². The molecule has 3 heteroatoms. The maximum atomic E-state index is 11.1. The van der Waals surface area contributed by atoms with Crippen LogP contribution in [0.15, 0.2) is 12.7 Å². The third-order valence-corrected chi connectivity index (χ3v) is 3.12. The predicted octanol–water partition coefficient (Wildman–Crippen LogP) is 2.61. The van der Waals surface area contributed by atoms with Crippen molar-refractivity contribution in [2.24, 2.45) is 5.41 Å². The molecular formula is C12H20O3. The lowest BCUT2D eigenvalue weighted by Crippen LogP contribution is -2.31. The Morgan fingerprint density at radius 3 is 2.80 bits per heavy atom. The van der Waals surface area contributed by atoms with Gasteiger partial charge >= 0.3 is 5.97 Å². The minimum Gasteiger partial charge on any atom is -0.481 e. The van der Waals surface area contributed by atoms with Gasteiger partial charge in [0, 0.05) is 6.61 Å². The molecule has 15 heavy (non-hydrogen) atoms. The summed E-state index contributed by atoms with van der Waals surface area (Å²) >= 11 is 0. The lowest BCUT2D eigenvalue weighted by atomic mass is 9.82. The van der Waals surface area contributed by atoms with Gasteiger partial charge in [-0.25, -0.2) is 0 Å². The Morgan fingerprint density at radius 1 is 1.47 bits per heavy atom. The van der Waals surface area contributed by atoms with Crippen LogP contribution in [0.4, 0.5) is 0 Å². The lowest BCUT2D eigenvalue weighted by molar-refractivity contribution is -0.149. The number of unbranched alkanes of at least 4 members (excludes halogenated alkanes) is 3. The Morgan fingerprint density at radius 2 is 2.27 bits per heavy atom. The fourth-order valence-corrected chi connectivity index (χ4v) is 2.01. The molecule has 1 saturated heterocycles. The molecule has 1 aliphatic heterocycles. The first-order valence-corrected chi connectivity index (χ1v) is 5.63. The SMILES string of the molecule is C=CCCCCCC1(C(=O)O)CCOC1. The Hall–Kier alpha value is -0.830. The summed E-state index contributed by atoms with van der Waals surface area (Å²) in [5, 5.41) is 9.17. The van der Waals surface area contributed by atoms with Crippen LogP contribution in [0.1, 0.15) is 38.5 Å². The van der Waals surface area contributed by atoms with Crippen LogP contribution in [-0.4, -0.2) is 24.3 Å². The molecule has 0 bridgehead atoms. The third-order valence-electron chi connectivity index (χ3n) is 3.12. The number of allylic oxidation sites excluding steroid dienone is 1. The summed E-state index contributed by atoms with van der Waals surface area (Å²) in [7, 11) is 0. The van der Waals surface area contributed by atoms with Crippen LogP contribution in [0.25, 0.3) is 0 Å². The molecule has 0 saturated carbocycles. The van der Waals surface area contributed by atoms with Crippen LogP contribution >= 0.6 is 0 Å². The number of rotatable bonds is 7. The first-order chi connectivity index (χ1) is 7.21. The van der Waals surface area contributed by atoms with Gasteiger partial charge in [-0.3, -0.25) is 4.79 Å². The van der Waals surface area contributed by atoms with Crippen LogP contribution in [0.2, 0.25) is 0 Å². The third kappa shape index (κ3) is 3.34. The molecule has 0 aromatic carbocycles. The van der Waals surface area contributed by atoms with Crippen LogP contribution in [0.3, 0.4) is 0 Å². The van der Waals surface area contributed by atoms with E-state index < -0.39 is 11.4 Å². The second kappa shape index (κ2) is 5.91. The number of hydrogen-bond acceptors (Lipinski definition) is 2. The standard InChI is InChI=1S/C12H20O3/c1-2-3-4-5-6-7-12(11(13)14)8-9-15-10-12/h2H,1,3-10H2,(H,13,14). The number of aliphatic carboxylic acids is 1. The molecule has 0 aliphatic carbocycles. The fourth-order valence-electron chi connectivity index (χ4n) is 2.01. The zero-order chi connectivity index (χ0) is 11.1. The van der Waals surface area contributed by atoms with E-state index in [0.717, 1.165) is 32.1 Å². The molecule has 1 N–H and O–H groups in total. The summed E-state index contributed by atoms with van der Waals surface area (Å²) in [5.74, 6) is -0.691. The van der Waals surface area contributed by atoms with Crippen molar-refractivity contribution in [2.75, 3.05) is 13.2 Å². The van der Waals surface area contributed by atoms with E-state index in [1.165, 1.54) is 0 Å². The van der Waals surface area contributed by atoms with Gasteiger partial charge in [-0.05, 0) is 25.7 Å². The van der Waals surface area contributed by atoms with Gasteiger partial charge in [-0.15, -0.1) is 6.58 Å². The van der Waals surface area contributed by atoms with Crippen molar-refractivity contribution in [2.45, 2.75) is 38.5 Å². The van der Waals surface area contributed by atoms with Crippen molar-refractivity contribution < 1.29 is 14.6 Å². The summed E-state index contributed by atoms with van der Waals surface area (Å²) in [6, 6.07) is 0. The zero-order valence-electron chi connectivity index (χ0n) is 9.21. The van der Waals surface area contributed by atoms with Crippen molar-refractivity contribution >= 4 is 5.97 Å². The van der Waals surface area contributed by atoms with Gasteiger partial charge in [0.25, 0.3) is 0 Å². The summed E-state index contributed by atoms with van der Waals surface area (Å²) in [6.45, 7) is 4.65. The van der Waals surface area contributed by atoms with E-state index in [1.807, 2.05) is 6.08 Å². The summed E-state index contributed by atoms with van der Waals surface area (Å²) in [6.07, 6.45) is 7.52. The van der Waals surface area contributed by atoms with Crippen molar-refractivity contribution in [3.8, 4) is 0 Å². The van der Waals surface area contributed by atoms with E-state index in [1.54, 1.807) is 0 Å². The van der Waals surface area contributed by atoms with Crippen LogP contribution in [0, 0.1) is 5.41 Å². The fraction of sp³-hybridized carbons (Fsp3) is 0.750. The van der Waals surface area contributed by atoms with Crippen molar-refractivity contribution in [1.82, 2.24) is 0 Å². The van der Waals surface area contributed by atoms with E-state index in [-0.39, 0.29) is 0 Å². The topological polar surface area (TPSA) is 46.5 Å². The van der Waals surface area contributed by atoms with Crippen LogP contribution in [0.5, 0.6) is 0 Å². The highest BCUT2D eigenvalue weighted by atomic mass is 16.5. The number of hydrogen-bond donors (Lipinski definition) is 1. The molecule has 0 aromatic rings. The van der Waals surface area contributed by atoms with E-state index in [9.17, 15) is 9.90 Å². The summed E-state index contributed by atoms with van der Waals surface area (Å²) < 4.78 is 5.20. The van der Waals surface area contributed by atoms with Crippen molar-refractivity contribution in [3.05, 3.63) is 12.7 Å². The van der Waals surface area contributed by atoms with Gasteiger partial charge < -0.3 is 9.84 Å². The molecule has 1 unspecified atom stereocenters. The Bertz CT molecular complexity index is 217. The highest BCUT2D eigenvalue weighted by Crippen LogP contribution is 2.34. The van der Waals surface area contributed by atoms with Crippen molar-refractivity contribution in [1.29, 1.82) is 0 Å². The number of carboxylic acids is 1. The smallest absolute Gasteiger partial charge is 0.312 e. The highest BCUT2D eigenvalue weighted by molar-refractivity contribution is 5.75. The van der Waals surface area contributed by atoms with Gasteiger partial charge in [-0.2, -0.15) is 0 Å². The molecule has 0 radical (unpaired) electrons. The van der Waals surface area contributed by atoms with Gasteiger partial charge in [0.1, 0.15) is 0 Å². The predicted molar refractivity (Wildman–Crippen MR) is 58.8 cm³/mol. The largest absolute Gasteiger partial charge is 0.481 e.